The molecule has 1 aromatic carbocycles. The van der Waals surface area contributed by atoms with Crippen molar-refractivity contribution in [2.24, 2.45) is 5.41 Å². The van der Waals surface area contributed by atoms with Crippen molar-refractivity contribution in [3.8, 4) is 0 Å². The highest BCUT2D eigenvalue weighted by Crippen LogP contribution is 2.29. The lowest BCUT2D eigenvalue weighted by atomic mass is 9.78. The monoisotopic (exact) mass is 267 g/mol. The van der Waals surface area contributed by atoms with Crippen LogP contribution in [0.4, 0.5) is 0 Å². The largest absolute Gasteiger partial charge is 0.375 e. The summed E-state index contributed by atoms with van der Waals surface area (Å²) in [5.41, 5.74) is 0.139. The summed E-state index contributed by atoms with van der Waals surface area (Å²) < 4.78 is 5.70. The minimum absolute atomic E-state index is 0.0885. The number of ketones is 1. The third kappa shape index (κ3) is 2.74. The van der Waals surface area contributed by atoms with Crippen LogP contribution in [-0.4, -0.2) is 31.6 Å². The van der Waals surface area contributed by atoms with Crippen molar-refractivity contribution in [1.29, 1.82) is 0 Å². The lowest BCUT2D eigenvalue weighted by molar-refractivity contribution is -0.0324. The molecule has 1 N–H and O–H groups in total. The van der Waals surface area contributed by atoms with E-state index in [1.54, 1.807) is 24.3 Å². The van der Waals surface area contributed by atoms with Crippen LogP contribution < -0.4 is 5.32 Å². The van der Waals surface area contributed by atoms with Gasteiger partial charge in [-0.15, -0.1) is 0 Å². The number of hydrogen-bond donors (Lipinski definition) is 1. The van der Waals surface area contributed by atoms with Gasteiger partial charge in [0.05, 0.1) is 18.1 Å². The van der Waals surface area contributed by atoms with Crippen molar-refractivity contribution in [2.45, 2.75) is 20.0 Å². The summed E-state index contributed by atoms with van der Waals surface area (Å²) in [6.07, 6.45) is -0.0885. The number of rotatable bonds is 3. The van der Waals surface area contributed by atoms with Gasteiger partial charge in [0.1, 0.15) is 0 Å². The molecule has 1 aromatic rings. The number of halogens is 1. The SMILES string of the molecule is CC(C)(C(=O)c1ccc(Cl)cc1)C1CNCCO1. The Morgan fingerprint density at radius 1 is 1.39 bits per heavy atom. The van der Waals surface area contributed by atoms with Crippen LogP contribution in [0.5, 0.6) is 0 Å². The molecule has 0 bridgehead atoms. The normalized spacial score (nSPS) is 20.7. The fourth-order valence-corrected chi connectivity index (χ4v) is 2.27. The van der Waals surface area contributed by atoms with Crippen LogP contribution in [0.3, 0.4) is 0 Å². The smallest absolute Gasteiger partial charge is 0.171 e. The second-order valence-electron chi connectivity index (χ2n) is 5.12. The van der Waals surface area contributed by atoms with Crippen molar-refractivity contribution in [3.05, 3.63) is 34.9 Å². The molecule has 1 unspecified atom stereocenters. The Hall–Kier alpha value is -0.900. The maximum absolute atomic E-state index is 12.5. The van der Waals surface area contributed by atoms with E-state index in [-0.39, 0.29) is 11.9 Å². The third-order valence-electron chi connectivity index (χ3n) is 3.42. The highest BCUT2D eigenvalue weighted by molar-refractivity contribution is 6.30. The molecule has 1 heterocycles. The molecular weight excluding hydrogens is 250 g/mol. The number of nitrogens with one attached hydrogen (secondary N) is 1. The summed E-state index contributed by atoms with van der Waals surface area (Å²) in [6.45, 7) is 6.08. The quantitative estimate of drug-likeness (QED) is 0.856. The number of morpholine rings is 1. The van der Waals surface area contributed by atoms with E-state index in [0.29, 0.717) is 23.7 Å². The lowest BCUT2D eigenvalue weighted by Gasteiger charge is -2.36. The van der Waals surface area contributed by atoms with Crippen molar-refractivity contribution in [1.82, 2.24) is 5.32 Å². The Balaban J connectivity index is 2.17. The fourth-order valence-electron chi connectivity index (χ4n) is 2.15. The molecule has 1 fully saturated rings. The molecule has 3 nitrogen and oxygen atoms in total. The van der Waals surface area contributed by atoms with Crippen molar-refractivity contribution in [2.75, 3.05) is 19.7 Å². The van der Waals surface area contributed by atoms with Gasteiger partial charge in [0, 0.05) is 23.7 Å². The number of carbonyl (C=O) groups excluding carboxylic acids is 1. The third-order valence-corrected chi connectivity index (χ3v) is 3.68. The van der Waals surface area contributed by atoms with Crippen LogP contribution in [0.15, 0.2) is 24.3 Å². The molecule has 4 heteroatoms. The minimum Gasteiger partial charge on any atom is -0.375 e. The number of benzene rings is 1. The van der Waals surface area contributed by atoms with Gasteiger partial charge in [-0.25, -0.2) is 0 Å². The standard InChI is InChI=1S/C14H18ClNO2/c1-14(2,12-9-16-7-8-18-12)13(17)10-3-5-11(15)6-4-10/h3-6,12,16H,7-9H2,1-2H3. The van der Waals surface area contributed by atoms with Gasteiger partial charge in [0.15, 0.2) is 5.78 Å². The Morgan fingerprint density at radius 3 is 2.61 bits per heavy atom. The van der Waals surface area contributed by atoms with Crippen LogP contribution >= 0.6 is 11.6 Å². The zero-order valence-corrected chi connectivity index (χ0v) is 11.5. The van der Waals surface area contributed by atoms with Crippen LogP contribution in [0.25, 0.3) is 0 Å². The average molecular weight is 268 g/mol. The van der Waals surface area contributed by atoms with Crippen LogP contribution in [-0.2, 0) is 4.74 Å². The highest BCUT2D eigenvalue weighted by atomic mass is 35.5. The molecule has 0 aliphatic carbocycles. The summed E-state index contributed by atoms with van der Waals surface area (Å²) in [7, 11) is 0. The van der Waals surface area contributed by atoms with Gasteiger partial charge < -0.3 is 10.1 Å². The molecule has 0 radical (unpaired) electrons. The predicted octanol–water partition coefficient (Wildman–Crippen LogP) is 2.54. The summed E-state index contributed by atoms with van der Waals surface area (Å²) in [5, 5.41) is 3.90. The molecule has 0 spiro atoms. The van der Waals surface area contributed by atoms with Gasteiger partial charge in [-0.05, 0) is 38.1 Å². The molecule has 98 valence electrons. The van der Waals surface area contributed by atoms with E-state index >= 15 is 0 Å². The summed E-state index contributed by atoms with van der Waals surface area (Å²) in [4.78, 5) is 12.5. The van der Waals surface area contributed by atoms with E-state index in [1.165, 1.54) is 0 Å². The average Bonchev–Trinajstić information content (AvgIpc) is 2.40. The second kappa shape index (κ2) is 5.39. The topological polar surface area (TPSA) is 38.3 Å². The molecule has 2 rings (SSSR count). The van der Waals surface area contributed by atoms with Gasteiger partial charge >= 0.3 is 0 Å². The first-order valence-corrected chi connectivity index (χ1v) is 6.52. The van der Waals surface area contributed by atoms with Gasteiger partial charge in [-0.3, -0.25) is 4.79 Å². The number of hydrogen-bond acceptors (Lipinski definition) is 3. The molecule has 1 saturated heterocycles. The maximum Gasteiger partial charge on any atom is 0.171 e. The molecule has 0 saturated carbocycles. The highest BCUT2D eigenvalue weighted by Gasteiger charge is 2.38. The summed E-state index contributed by atoms with van der Waals surface area (Å²) in [6, 6.07) is 7.01. The van der Waals surface area contributed by atoms with Gasteiger partial charge in [-0.2, -0.15) is 0 Å². The Kier molecular flexibility index (Phi) is 4.05. The Labute approximate surface area is 112 Å². The van der Waals surface area contributed by atoms with Gasteiger partial charge in [-0.1, -0.05) is 11.6 Å². The van der Waals surface area contributed by atoms with E-state index in [2.05, 4.69) is 5.32 Å². The van der Waals surface area contributed by atoms with E-state index in [4.69, 9.17) is 16.3 Å². The van der Waals surface area contributed by atoms with E-state index in [1.807, 2.05) is 13.8 Å². The van der Waals surface area contributed by atoms with Crippen molar-refractivity contribution < 1.29 is 9.53 Å². The molecule has 1 aliphatic heterocycles. The molecule has 0 aromatic heterocycles. The fraction of sp³-hybridized carbons (Fsp3) is 0.500. The van der Waals surface area contributed by atoms with E-state index in [0.717, 1.165) is 6.54 Å². The first-order valence-electron chi connectivity index (χ1n) is 6.14. The molecule has 0 amide bonds. The van der Waals surface area contributed by atoms with Crippen molar-refractivity contribution in [3.63, 3.8) is 0 Å². The number of ether oxygens (including phenoxy) is 1. The number of carbonyl (C=O) groups is 1. The number of Topliss-reactive ketones (excluding diaryl/α,β-unsaturated/α-hetero) is 1. The van der Waals surface area contributed by atoms with Crippen LogP contribution in [0.1, 0.15) is 24.2 Å². The second-order valence-corrected chi connectivity index (χ2v) is 5.56. The maximum atomic E-state index is 12.5. The van der Waals surface area contributed by atoms with Gasteiger partial charge in [0.2, 0.25) is 0 Å². The summed E-state index contributed by atoms with van der Waals surface area (Å²) in [5.74, 6) is 0.0906. The first-order chi connectivity index (χ1) is 8.51. The van der Waals surface area contributed by atoms with E-state index in [9.17, 15) is 4.79 Å². The van der Waals surface area contributed by atoms with Crippen LogP contribution in [0, 0.1) is 5.41 Å². The zero-order chi connectivity index (χ0) is 13.2. The Bertz CT molecular complexity index is 422. The summed E-state index contributed by atoms with van der Waals surface area (Å²) >= 11 is 5.83. The van der Waals surface area contributed by atoms with E-state index < -0.39 is 5.41 Å². The Morgan fingerprint density at radius 2 is 2.06 bits per heavy atom. The minimum atomic E-state index is -0.540. The molecule has 1 aliphatic rings. The zero-order valence-electron chi connectivity index (χ0n) is 10.7. The lowest BCUT2D eigenvalue weighted by Crippen LogP contribution is -2.49. The molecule has 18 heavy (non-hydrogen) atoms. The van der Waals surface area contributed by atoms with Crippen LogP contribution in [0.2, 0.25) is 5.02 Å². The molecule has 1 atom stereocenters. The van der Waals surface area contributed by atoms with Crippen molar-refractivity contribution >= 4 is 17.4 Å². The van der Waals surface area contributed by atoms with Gasteiger partial charge in [0.25, 0.3) is 0 Å². The first kappa shape index (κ1) is 13.5. The molecular formula is C14H18ClNO2. The predicted molar refractivity (Wildman–Crippen MR) is 72.2 cm³/mol.